The molecule has 1 saturated heterocycles. The first-order valence-corrected chi connectivity index (χ1v) is 6.12. The molecular weight excluding hydrogens is 234 g/mol. The average Bonchev–Trinajstić information content (AvgIpc) is 2.75. The monoisotopic (exact) mass is 245 g/mol. The van der Waals surface area contributed by atoms with Gasteiger partial charge in [0.05, 0.1) is 5.02 Å². The normalized spacial score (nSPS) is 22.1. The number of halogens is 1. The number of nitrogens with zero attached hydrogens (tertiary/aromatic N) is 1. The van der Waals surface area contributed by atoms with Gasteiger partial charge in [-0.15, -0.1) is 11.3 Å². The number of thiophene rings is 1. The van der Waals surface area contributed by atoms with Crippen LogP contribution in [0.4, 0.5) is 0 Å². The molecule has 0 aromatic carbocycles. The van der Waals surface area contributed by atoms with Gasteiger partial charge in [-0.2, -0.15) is 0 Å². The number of hydrogen-bond acceptors (Lipinski definition) is 3. The Bertz CT molecular complexity index is 366. The topological polar surface area (TPSA) is 40.5 Å². The zero-order valence-corrected chi connectivity index (χ0v) is 9.72. The highest BCUT2D eigenvalue weighted by atomic mass is 35.5. The fraction of sp³-hybridized carbons (Fsp3) is 0.500. The van der Waals surface area contributed by atoms with Crippen LogP contribution in [0.1, 0.15) is 17.7 Å². The largest absolute Gasteiger partial charge is 0.480 e. The third-order valence-corrected chi connectivity index (χ3v) is 3.90. The molecule has 1 aliphatic rings. The van der Waals surface area contributed by atoms with Crippen LogP contribution in [0.15, 0.2) is 11.4 Å². The van der Waals surface area contributed by atoms with E-state index in [1.807, 2.05) is 16.3 Å². The van der Waals surface area contributed by atoms with Crippen molar-refractivity contribution in [3.8, 4) is 0 Å². The lowest BCUT2D eigenvalue weighted by atomic mass is 10.2. The summed E-state index contributed by atoms with van der Waals surface area (Å²) in [5, 5.41) is 11.6. The summed E-state index contributed by atoms with van der Waals surface area (Å²) in [6, 6.07) is 1.59. The molecule has 1 fully saturated rings. The van der Waals surface area contributed by atoms with Crippen molar-refractivity contribution in [1.29, 1.82) is 0 Å². The van der Waals surface area contributed by atoms with Gasteiger partial charge in [0.15, 0.2) is 0 Å². The van der Waals surface area contributed by atoms with E-state index in [2.05, 4.69) is 0 Å². The minimum atomic E-state index is -0.713. The maximum Gasteiger partial charge on any atom is 0.320 e. The molecule has 2 heterocycles. The lowest BCUT2D eigenvalue weighted by molar-refractivity contribution is -0.142. The zero-order chi connectivity index (χ0) is 10.8. The molecule has 0 bridgehead atoms. The Labute approximate surface area is 97.3 Å². The maximum atomic E-state index is 10.9. The summed E-state index contributed by atoms with van der Waals surface area (Å²) in [4.78, 5) is 14.1. The Morgan fingerprint density at radius 3 is 3.13 bits per heavy atom. The van der Waals surface area contributed by atoms with Crippen LogP contribution in [0, 0.1) is 0 Å². The smallest absolute Gasteiger partial charge is 0.320 e. The van der Waals surface area contributed by atoms with Gasteiger partial charge in [0, 0.05) is 16.8 Å². The second-order valence-electron chi connectivity index (χ2n) is 3.70. The molecule has 1 aromatic rings. The van der Waals surface area contributed by atoms with Gasteiger partial charge in [0.2, 0.25) is 0 Å². The fourth-order valence-corrected chi connectivity index (χ4v) is 3.03. The van der Waals surface area contributed by atoms with Crippen molar-refractivity contribution < 1.29 is 9.90 Å². The van der Waals surface area contributed by atoms with Crippen LogP contribution >= 0.6 is 22.9 Å². The van der Waals surface area contributed by atoms with Gasteiger partial charge >= 0.3 is 5.97 Å². The molecule has 0 saturated carbocycles. The van der Waals surface area contributed by atoms with E-state index in [0.717, 1.165) is 29.3 Å². The number of hydrogen-bond donors (Lipinski definition) is 1. The molecule has 0 spiro atoms. The number of rotatable bonds is 3. The van der Waals surface area contributed by atoms with Crippen molar-refractivity contribution in [3.63, 3.8) is 0 Å². The van der Waals surface area contributed by atoms with E-state index < -0.39 is 5.97 Å². The second kappa shape index (κ2) is 4.51. The summed E-state index contributed by atoms with van der Waals surface area (Å²) in [7, 11) is 0. The van der Waals surface area contributed by atoms with E-state index in [-0.39, 0.29) is 6.04 Å². The van der Waals surface area contributed by atoms with Gasteiger partial charge in [0.1, 0.15) is 6.04 Å². The van der Waals surface area contributed by atoms with Crippen LogP contribution < -0.4 is 0 Å². The predicted molar refractivity (Wildman–Crippen MR) is 60.4 cm³/mol. The molecule has 0 amide bonds. The summed E-state index contributed by atoms with van der Waals surface area (Å²) in [6.45, 7) is 1.57. The van der Waals surface area contributed by atoms with Gasteiger partial charge in [0.25, 0.3) is 0 Å². The third kappa shape index (κ3) is 2.51. The molecule has 1 atom stereocenters. The molecular formula is C10H12ClNO2S. The Hall–Kier alpha value is -0.580. The van der Waals surface area contributed by atoms with Crippen LogP contribution in [0.3, 0.4) is 0 Å². The van der Waals surface area contributed by atoms with Crippen molar-refractivity contribution in [2.24, 2.45) is 0 Å². The Kier molecular flexibility index (Phi) is 3.29. The molecule has 0 aliphatic carbocycles. The second-order valence-corrected chi connectivity index (χ2v) is 5.13. The minimum absolute atomic E-state index is 0.314. The molecule has 82 valence electrons. The summed E-state index contributed by atoms with van der Waals surface area (Å²) >= 11 is 7.40. The summed E-state index contributed by atoms with van der Waals surface area (Å²) in [5.74, 6) is -0.713. The SMILES string of the molecule is O=C(O)[C@@H]1CCCN1Cc1cc(Cl)cs1. The number of likely N-dealkylation sites (tertiary alicyclic amines) is 1. The van der Waals surface area contributed by atoms with E-state index in [1.165, 1.54) is 0 Å². The first-order chi connectivity index (χ1) is 7.16. The average molecular weight is 246 g/mol. The van der Waals surface area contributed by atoms with Crippen LogP contribution in [0.2, 0.25) is 5.02 Å². The minimum Gasteiger partial charge on any atom is -0.480 e. The summed E-state index contributed by atoms with van der Waals surface area (Å²) in [5.41, 5.74) is 0. The molecule has 1 aromatic heterocycles. The first-order valence-electron chi connectivity index (χ1n) is 4.86. The Morgan fingerprint density at radius 2 is 2.53 bits per heavy atom. The van der Waals surface area contributed by atoms with Crippen molar-refractivity contribution in [1.82, 2.24) is 4.90 Å². The van der Waals surface area contributed by atoms with Gasteiger partial charge in [-0.1, -0.05) is 11.6 Å². The van der Waals surface area contributed by atoms with Crippen molar-refractivity contribution in [2.75, 3.05) is 6.54 Å². The number of carbonyl (C=O) groups is 1. The first kappa shape index (κ1) is 10.9. The predicted octanol–water partition coefficient (Wildman–Crippen LogP) is 2.45. The lowest BCUT2D eigenvalue weighted by Crippen LogP contribution is -2.35. The van der Waals surface area contributed by atoms with E-state index in [0.29, 0.717) is 6.54 Å². The number of aliphatic carboxylic acids is 1. The molecule has 0 radical (unpaired) electrons. The molecule has 15 heavy (non-hydrogen) atoms. The molecule has 0 unspecified atom stereocenters. The Morgan fingerprint density at radius 1 is 1.73 bits per heavy atom. The molecule has 5 heteroatoms. The summed E-state index contributed by atoms with van der Waals surface area (Å²) in [6.07, 6.45) is 1.73. The van der Waals surface area contributed by atoms with Crippen molar-refractivity contribution >= 4 is 28.9 Å². The van der Waals surface area contributed by atoms with E-state index >= 15 is 0 Å². The van der Waals surface area contributed by atoms with Crippen LogP contribution in [-0.2, 0) is 11.3 Å². The third-order valence-electron chi connectivity index (χ3n) is 2.63. The summed E-state index contributed by atoms with van der Waals surface area (Å²) < 4.78 is 0. The molecule has 1 N–H and O–H groups in total. The maximum absolute atomic E-state index is 10.9. The van der Waals surface area contributed by atoms with E-state index in [4.69, 9.17) is 16.7 Å². The van der Waals surface area contributed by atoms with Gasteiger partial charge < -0.3 is 5.11 Å². The lowest BCUT2D eigenvalue weighted by Gasteiger charge is -2.19. The molecule has 2 rings (SSSR count). The molecule has 1 aliphatic heterocycles. The highest BCUT2D eigenvalue weighted by molar-refractivity contribution is 7.10. The van der Waals surface area contributed by atoms with Gasteiger partial charge in [-0.25, -0.2) is 0 Å². The van der Waals surface area contributed by atoms with Crippen LogP contribution in [0.5, 0.6) is 0 Å². The molecule has 3 nitrogen and oxygen atoms in total. The van der Waals surface area contributed by atoms with Crippen molar-refractivity contribution in [2.45, 2.75) is 25.4 Å². The fourth-order valence-electron chi connectivity index (χ4n) is 1.93. The number of carboxylic acids is 1. The van der Waals surface area contributed by atoms with Crippen molar-refractivity contribution in [3.05, 3.63) is 21.3 Å². The highest BCUT2D eigenvalue weighted by Gasteiger charge is 2.30. The number of carboxylic acid groups (broad SMARTS) is 1. The van der Waals surface area contributed by atoms with Crippen LogP contribution in [-0.4, -0.2) is 28.6 Å². The van der Waals surface area contributed by atoms with E-state index in [9.17, 15) is 4.79 Å². The quantitative estimate of drug-likeness (QED) is 0.889. The van der Waals surface area contributed by atoms with Crippen LogP contribution in [0.25, 0.3) is 0 Å². The van der Waals surface area contributed by atoms with Gasteiger partial charge in [-0.3, -0.25) is 9.69 Å². The zero-order valence-electron chi connectivity index (χ0n) is 8.15. The Balaban J connectivity index is 2.02. The highest BCUT2D eigenvalue weighted by Crippen LogP contribution is 2.25. The standard InChI is InChI=1S/C10H12ClNO2S/c11-7-4-8(15-6-7)5-12-3-1-2-9(12)10(13)14/h4,6,9H,1-3,5H2,(H,13,14)/t9-/m0/s1. The van der Waals surface area contributed by atoms with E-state index in [1.54, 1.807) is 11.3 Å². The van der Waals surface area contributed by atoms with Gasteiger partial charge in [-0.05, 0) is 25.5 Å².